The Labute approximate surface area is 93.5 Å². The van der Waals surface area contributed by atoms with Gasteiger partial charge in [0.15, 0.2) is 5.82 Å². The van der Waals surface area contributed by atoms with E-state index >= 15 is 0 Å². The Morgan fingerprint density at radius 3 is 3.07 bits per heavy atom. The fourth-order valence-corrected chi connectivity index (χ4v) is 1.81. The minimum absolute atomic E-state index is 0.0972. The van der Waals surface area contributed by atoms with E-state index in [0.29, 0.717) is 0 Å². The van der Waals surface area contributed by atoms with Gasteiger partial charge in [-0.05, 0) is 13.0 Å². The molecule has 2 rings (SSSR count). The molecule has 15 heavy (non-hydrogen) atoms. The van der Waals surface area contributed by atoms with Gasteiger partial charge in [-0.25, -0.2) is 9.50 Å². The van der Waals surface area contributed by atoms with E-state index in [1.165, 1.54) is 0 Å². The van der Waals surface area contributed by atoms with E-state index in [1.807, 2.05) is 31.1 Å². The van der Waals surface area contributed by atoms with Gasteiger partial charge in [0.05, 0.1) is 6.20 Å². The van der Waals surface area contributed by atoms with Gasteiger partial charge < -0.3 is 4.90 Å². The highest BCUT2D eigenvalue weighted by Gasteiger charge is 2.09. The first kappa shape index (κ1) is 10.2. The van der Waals surface area contributed by atoms with E-state index in [9.17, 15) is 0 Å². The summed E-state index contributed by atoms with van der Waals surface area (Å²) in [5.41, 5.74) is 0.998. The highest BCUT2D eigenvalue weighted by atomic mass is 35.5. The summed E-state index contributed by atoms with van der Waals surface area (Å²) in [6.07, 6.45) is 5.33. The van der Waals surface area contributed by atoms with Crippen LogP contribution >= 0.6 is 11.6 Å². The van der Waals surface area contributed by atoms with Crippen LogP contribution in [0.4, 0.5) is 5.82 Å². The number of rotatable bonds is 3. The second-order valence-corrected chi connectivity index (χ2v) is 4.32. The van der Waals surface area contributed by atoms with Gasteiger partial charge in [-0.15, -0.1) is 11.6 Å². The normalized spacial score (nSPS) is 13.0. The molecule has 2 aromatic rings. The van der Waals surface area contributed by atoms with Gasteiger partial charge in [-0.3, -0.25) is 0 Å². The van der Waals surface area contributed by atoms with Crippen LogP contribution in [0, 0.1) is 0 Å². The summed E-state index contributed by atoms with van der Waals surface area (Å²) >= 11 is 5.96. The zero-order valence-corrected chi connectivity index (χ0v) is 9.52. The van der Waals surface area contributed by atoms with Crippen LogP contribution in [-0.4, -0.2) is 33.6 Å². The Hall–Kier alpha value is -1.29. The molecule has 0 saturated heterocycles. The van der Waals surface area contributed by atoms with Crippen LogP contribution in [0.15, 0.2) is 24.7 Å². The lowest BCUT2D eigenvalue weighted by Crippen LogP contribution is -2.25. The van der Waals surface area contributed by atoms with Gasteiger partial charge in [0, 0.05) is 31.4 Å². The van der Waals surface area contributed by atoms with Crippen molar-refractivity contribution in [1.29, 1.82) is 0 Å². The largest absolute Gasteiger partial charge is 0.356 e. The molecule has 0 saturated carbocycles. The van der Waals surface area contributed by atoms with Crippen molar-refractivity contribution in [3.05, 3.63) is 24.7 Å². The Kier molecular flexibility index (Phi) is 2.77. The molecule has 2 heterocycles. The first-order valence-electron chi connectivity index (χ1n) is 4.82. The summed E-state index contributed by atoms with van der Waals surface area (Å²) in [7, 11) is 1.98. The average molecular weight is 225 g/mol. The second kappa shape index (κ2) is 4.06. The SMILES string of the molecule is CC(Cl)CN(C)c1nccn2nccc12. The Morgan fingerprint density at radius 2 is 2.33 bits per heavy atom. The smallest absolute Gasteiger partial charge is 0.154 e. The highest BCUT2D eigenvalue weighted by Crippen LogP contribution is 2.17. The van der Waals surface area contributed by atoms with Gasteiger partial charge in [-0.2, -0.15) is 5.10 Å². The van der Waals surface area contributed by atoms with Crippen molar-refractivity contribution in [3.8, 4) is 0 Å². The number of fused-ring (bicyclic) bond motifs is 1. The van der Waals surface area contributed by atoms with Crippen molar-refractivity contribution in [3.63, 3.8) is 0 Å². The fourth-order valence-electron chi connectivity index (χ4n) is 1.60. The molecule has 0 aliphatic carbocycles. The molecule has 0 bridgehead atoms. The topological polar surface area (TPSA) is 33.4 Å². The van der Waals surface area contributed by atoms with Crippen LogP contribution in [0.5, 0.6) is 0 Å². The molecule has 1 unspecified atom stereocenters. The van der Waals surface area contributed by atoms with Crippen LogP contribution in [-0.2, 0) is 0 Å². The minimum Gasteiger partial charge on any atom is -0.356 e. The Bertz CT molecular complexity index is 451. The molecule has 0 amide bonds. The van der Waals surface area contributed by atoms with Crippen LogP contribution in [0.1, 0.15) is 6.92 Å². The average Bonchev–Trinajstić information content (AvgIpc) is 2.63. The number of alkyl halides is 1. The van der Waals surface area contributed by atoms with E-state index in [-0.39, 0.29) is 5.38 Å². The third kappa shape index (κ3) is 2.04. The minimum atomic E-state index is 0.0972. The zero-order chi connectivity index (χ0) is 10.8. The predicted molar refractivity (Wildman–Crippen MR) is 61.6 cm³/mol. The van der Waals surface area contributed by atoms with E-state index in [0.717, 1.165) is 17.9 Å². The third-order valence-electron chi connectivity index (χ3n) is 2.19. The molecular formula is C10H13ClN4. The van der Waals surface area contributed by atoms with Crippen LogP contribution < -0.4 is 4.90 Å². The number of hydrogen-bond donors (Lipinski definition) is 0. The Morgan fingerprint density at radius 1 is 1.53 bits per heavy atom. The molecule has 80 valence electrons. The van der Waals surface area contributed by atoms with Crippen molar-refractivity contribution < 1.29 is 0 Å². The summed E-state index contributed by atoms with van der Waals surface area (Å²) in [5.74, 6) is 0.905. The van der Waals surface area contributed by atoms with Crippen LogP contribution in [0.25, 0.3) is 5.52 Å². The maximum Gasteiger partial charge on any atom is 0.154 e. The molecule has 4 nitrogen and oxygen atoms in total. The summed E-state index contributed by atoms with van der Waals surface area (Å²) in [6, 6.07) is 1.94. The van der Waals surface area contributed by atoms with Gasteiger partial charge in [0.25, 0.3) is 0 Å². The molecule has 1 atom stereocenters. The zero-order valence-electron chi connectivity index (χ0n) is 8.76. The van der Waals surface area contributed by atoms with E-state index in [4.69, 9.17) is 11.6 Å². The van der Waals surface area contributed by atoms with Crippen molar-refractivity contribution >= 4 is 22.9 Å². The number of halogens is 1. The standard InChI is InChI=1S/C10H13ClN4/c1-8(11)7-14(2)10-9-3-4-13-15(9)6-5-12-10/h3-6,8H,7H2,1-2H3. The summed E-state index contributed by atoms with van der Waals surface area (Å²) in [5, 5.41) is 4.26. The number of anilines is 1. The summed E-state index contributed by atoms with van der Waals surface area (Å²) < 4.78 is 1.80. The van der Waals surface area contributed by atoms with Gasteiger partial charge in [0.1, 0.15) is 5.52 Å². The Balaban J connectivity index is 2.38. The highest BCUT2D eigenvalue weighted by molar-refractivity contribution is 6.20. The second-order valence-electron chi connectivity index (χ2n) is 3.57. The number of aromatic nitrogens is 3. The van der Waals surface area contributed by atoms with E-state index in [1.54, 1.807) is 16.9 Å². The van der Waals surface area contributed by atoms with Crippen LogP contribution in [0.2, 0.25) is 0 Å². The molecule has 0 radical (unpaired) electrons. The van der Waals surface area contributed by atoms with Gasteiger partial charge in [-0.1, -0.05) is 0 Å². The molecule has 0 spiro atoms. The number of hydrogen-bond acceptors (Lipinski definition) is 3. The molecule has 0 aliphatic rings. The van der Waals surface area contributed by atoms with E-state index in [2.05, 4.69) is 10.1 Å². The van der Waals surface area contributed by atoms with Gasteiger partial charge in [0.2, 0.25) is 0 Å². The van der Waals surface area contributed by atoms with Crippen molar-refractivity contribution in [2.45, 2.75) is 12.3 Å². The molecule has 0 fully saturated rings. The molecule has 0 aromatic carbocycles. The lowest BCUT2D eigenvalue weighted by atomic mass is 10.4. The maximum atomic E-state index is 5.96. The van der Waals surface area contributed by atoms with E-state index < -0.39 is 0 Å². The first-order valence-corrected chi connectivity index (χ1v) is 5.25. The lowest BCUT2D eigenvalue weighted by molar-refractivity contribution is 0.837. The predicted octanol–water partition coefficient (Wildman–Crippen LogP) is 1.79. The molecule has 2 aromatic heterocycles. The lowest BCUT2D eigenvalue weighted by Gasteiger charge is -2.19. The third-order valence-corrected chi connectivity index (χ3v) is 2.33. The van der Waals surface area contributed by atoms with Crippen molar-refractivity contribution in [2.24, 2.45) is 0 Å². The monoisotopic (exact) mass is 224 g/mol. The molecular weight excluding hydrogens is 212 g/mol. The first-order chi connectivity index (χ1) is 7.18. The quantitative estimate of drug-likeness (QED) is 0.746. The fraction of sp³-hybridized carbons (Fsp3) is 0.400. The van der Waals surface area contributed by atoms with Crippen molar-refractivity contribution in [1.82, 2.24) is 14.6 Å². The van der Waals surface area contributed by atoms with Crippen molar-refractivity contribution in [2.75, 3.05) is 18.5 Å². The van der Waals surface area contributed by atoms with Gasteiger partial charge >= 0.3 is 0 Å². The molecule has 0 aliphatic heterocycles. The molecule has 5 heteroatoms. The summed E-state index contributed by atoms with van der Waals surface area (Å²) in [6.45, 7) is 2.73. The van der Waals surface area contributed by atoms with Crippen LogP contribution in [0.3, 0.4) is 0 Å². The maximum absolute atomic E-state index is 5.96. The summed E-state index contributed by atoms with van der Waals surface area (Å²) in [4.78, 5) is 6.37. The number of nitrogens with zero attached hydrogens (tertiary/aromatic N) is 4. The molecule has 0 N–H and O–H groups in total.